The van der Waals surface area contributed by atoms with E-state index in [1.165, 1.54) is 17.6 Å². The third kappa shape index (κ3) is 3.96. The largest absolute Gasteiger partial charge is 0.466 e. The van der Waals surface area contributed by atoms with Gasteiger partial charge in [0.15, 0.2) is 0 Å². The lowest BCUT2D eigenvalue weighted by molar-refractivity contribution is -0.136. The summed E-state index contributed by atoms with van der Waals surface area (Å²) in [6.45, 7) is 0.168. The standard InChI is InChI=1S/C17H20N2O4S2/c1-23-16(22)13-10-19(5-6-20)15(21)14(13)18-12-4-2-3-11(9-12)17-24-7-8-25-17/h2-4,9,17-18,20H,5-8,10H2,1H3. The first-order chi connectivity index (χ1) is 12.1. The molecule has 1 aromatic carbocycles. The predicted molar refractivity (Wildman–Crippen MR) is 100 cm³/mol. The summed E-state index contributed by atoms with van der Waals surface area (Å²) < 4.78 is 5.20. The number of nitrogens with zero attached hydrogens (tertiary/aromatic N) is 1. The van der Waals surface area contributed by atoms with E-state index >= 15 is 0 Å². The van der Waals surface area contributed by atoms with Crippen molar-refractivity contribution in [1.82, 2.24) is 4.90 Å². The van der Waals surface area contributed by atoms with E-state index in [-0.39, 0.29) is 36.9 Å². The Morgan fingerprint density at radius 3 is 2.84 bits per heavy atom. The van der Waals surface area contributed by atoms with Gasteiger partial charge in [-0.05, 0) is 17.7 Å². The van der Waals surface area contributed by atoms with Crippen LogP contribution in [0.15, 0.2) is 35.5 Å². The first-order valence-electron chi connectivity index (χ1n) is 7.96. The second-order valence-corrected chi connectivity index (χ2v) is 8.34. The van der Waals surface area contributed by atoms with E-state index in [2.05, 4.69) is 11.4 Å². The van der Waals surface area contributed by atoms with Gasteiger partial charge < -0.3 is 20.1 Å². The Kier molecular flexibility index (Phi) is 5.93. The van der Waals surface area contributed by atoms with Crippen molar-refractivity contribution >= 4 is 41.1 Å². The predicted octanol–water partition coefficient (Wildman–Crippen LogP) is 1.84. The van der Waals surface area contributed by atoms with E-state index in [4.69, 9.17) is 9.84 Å². The SMILES string of the molecule is COC(=O)C1=C(Nc2cccc(C3SCCS3)c2)C(=O)N(CCO)C1. The van der Waals surface area contributed by atoms with Crippen molar-refractivity contribution in [3.63, 3.8) is 0 Å². The molecule has 8 heteroatoms. The second kappa shape index (κ2) is 8.16. The number of amides is 1. The van der Waals surface area contributed by atoms with Crippen LogP contribution in [0, 0.1) is 0 Å². The summed E-state index contributed by atoms with van der Waals surface area (Å²) in [5.41, 5.74) is 2.47. The second-order valence-electron chi connectivity index (χ2n) is 5.62. The van der Waals surface area contributed by atoms with E-state index in [1.54, 1.807) is 0 Å². The topological polar surface area (TPSA) is 78.9 Å². The maximum atomic E-state index is 12.6. The number of rotatable bonds is 6. The van der Waals surface area contributed by atoms with Crippen molar-refractivity contribution in [2.24, 2.45) is 0 Å². The molecule has 0 aromatic heterocycles. The van der Waals surface area contributed by atoms with Crippen LogP contribution in [0.4, 0.5) is 5.69 Å². The maximum Gasteiger partial charge on any atom is 0.337 e. The molecule has 0 unspecified atom stereocenters. The molecule has 1 fully saturated rings. The summed E-state index contributed by atoms with van der Waals surface area (Å²) >= 11 is 3.82. The summed E-state index contributed by atoms with van der Waals surface area (Å²) in [5.74, 6) is 1.44. The van der Waals surface area contributed by atoms with Crippen LogP contribution in [0.25, 0.3) is 0 Å². The van der Waals surface area contributed by atoms with Crippen LogP contribution < -0.4 is 5.32 Å². The molecular formula is C17H20N2O4S2. The Bertz CT molecular complexity index is 702. The van der Waals surface area contributed by atoms with Gasteiger partial charge >= 0.3 is 5.97 Å². The Morgan fingerprint density at radius 1 is 1.40 bits per heavy atom. The molecule has 2 heterocycles. The van der Waals surface area contributed by atoms with Crippen molar-refractivity contribution < 1.29 is 19.4 Å². The third-order valence-corrected chi connectivity index (χ3v) is 7.11. The number of methoxy groups -OCH3 is 1. The molecule has 0 radical (unpaired) electrons. The van der Waals surface area contributed by atoms with Gasteiger partial charge in [-0.1, -0.05) is 12.1 Å². The number of aliphatic hydroxyl groups is 1. The molecule has 0 atom stereocenters. The molecule has 2 N–H and O–H groups in total. The zero-order chi connectivity index (χ0) is 17.8. The average molecular weight is 380 g/mol. The molecule has 2 aliphatic rings. The fourth-order valence-corrected chi connectivity index (χ4v) is 5.65. The fourth-order valence-electron chi connectivity index (χ4n) is 2.81. The van der Waals surface area contributed by atoms with Gasteiger partial charge in [0.05, 0.1) is 30.4 Å². The van der Waals surface area contributed by atoms with Gasteiger partial charge in [0, 0.05) is 23.7 Å². The molecule has 6 nitrogen and oxygen atoms in total. The molecule has 1 aromatic rings. The quantitative estimate of drug-likeness (QED) is 0.729. The molecular weight excluding hydrogens is 360 g/mol. The number of β-amino-alcohol motifs (C(OH)–C–C–N with tert-alkyl or cyclic N) is 1. The number of nitrogens with one attached hydrogen (secondary N) is 1. The van der Waals surface area contributed by atoms with E-state index in [0.29, 0.717) is 4.58 Å². The molecule has 2 aliphatic heterocycles. The monoisotopic (exact) mass is 380 g/mol. The van der Waals surface area contributed by atoms with Gasteiger partial charge in [0.2, 0.25) is 0 Å². The molecule has 25 heavy (non-hydrogen) atoms. The Balaban J connectivity index is 1.84. The minimum absolute atomic E-state index is 0.141. The minimum Gasteiger partial charge on any atom is -0.466 e. The first kappa shape index (κ1) is 18.2. The Labute approximate surface area is 155 Å². The van der Waals surface area contributed by atoms with Gasteiger partial charge in [-0.15, -0.1) is 23.5 Å². The number of thioether (sulfide) groups is 2. The molecule has 0 spiro atoms. The molecule has 0 saturated carbocycles. The molecule has 134 valence electrons. The molecule has 0 aliphatic carbocycles. The van der Waals surface area contributed by atoms with Crippen LogP contribution in [0.2, 0.25) is 0 Å². The van der Waals surface area contributed by atoms with E-state index in [9.17, 15) is 9.59 Å². The van der Waals surface area contributed by atoms with Gasteiger partial charge in [-0.25, -0.2) is 4.79 Å². The highest BCUT2D eigenvalue weighted by Gasteiger charge is 2.34. The number of carbonyl (C=O) groups excluding carboxylic acids is 2. The van der Waals surface area contributed by atoms with Crippen molar-refractivity contribution in [2.75, 3.05) is 43.6 Å². The maximum absolute atomic E-state index is 12.6. The number of aliphatic hydroxyl groups excluding tert-OH is 1. The van der Waals surface area contributed by atoms with E-state index < -0.39 is 5.97 Å². The number of hydrogen-bond acceptors (Lipinski definition) is 7. The lowest BCUT2D eigenvalue weighted by Gasteiger charge is -2.15. The van der Waals surface area contributed by atoms with Crippen LogP contribution >= 0.6 is 23.5 Å². The number of ether oxygens (including phenoxy) is 1. The molecule has 3 rings (SSSR count). The van der Waals surface area contributed by atoms with Crippen LogP contribution in [0.5, 0.6) is 0 Å². The summed E-state index contributed by atoms with van der Waals surface area (Å²) in [5, 5.41) is 12.2. The van der Waals surface area contributed by atoms with Crippen LogP contribution in [-0.2, 0) is 14.3 Å². The van der Waals surface area contributed by atoms with E-state index in [0.717, 1.165) is 17.2 Å². The third-order valence-electron chi connectivity index (χ3n) is 4.00. The lowest BCUT2D eigenvalue weighted by atomic mass is 10.2. The van der Waals surface area contributed by atoms with Crippen LogP contribution in [0.3, 0.4) is 0 Å². The van der Waals surface area contributed by atoms with Crippen molar-refractivity contribution in [1.29, 1.82) is 0 Å². The smallest absolute Gasteiger partial charge is 0.337 e. The zero-order valence-corrected chi connectivity index (χ0v) is 15.5. The number of esters is 1. The highest BCUT2D eigenvalue weighted by atomic mass is 32.2. The first-order valence-corrected chi connectivity index (χ1v) is 10.1. The van der Waals surface area contributed by atoms with Crippen LogP contribution in [-0.4, -0.2) is 60.2 Å². The van der Waals surface area contributed by atoms with E-state index in [1.807, 2.05) is 41.7 Å². The summed E-state index contributed by atoms with van der Waals surface area (Å²) in [6, 6.07) is 7.91. The van der Waals surface area contributed by atoms with Gasteiger partial charge in [0.1, 0.15) is 5.70 Å². The van der Waals surface area contributed by atoms with Crippen molar-refractivity contribution in [3.05, 3.63) is 41.1 Å². The average Bonchev–Trinajstić information content (AvgIpc) is 3.26. The van der Waals surface area contributed by atoms with Crippen molar-refractivity contribution in [3.8, 4) is 0 Å². The minimum atomic E-state index is -0.533. The molecule has 1 saturated heterocycles. The number of carbonyl (C=O) groups is 2. The Morgan fingerprint density at radius 2 is 2.16 bits per heavy atom. The highest BCUT2D eigenvalue weighted by molar-refractivity contribution is 8.19. The molecule has 1 amide bonds. The number of anilines is 1. The summed E-state index contributed by atoms with van der Waals surface area (Å²) in [7, 11) is 1.29. The fraction of sp³-hybridized carbons (Fsp3) is 0.412. The van der Waals surface area contributed by atoms with Gasteiger partial charge in [-0.2, -0.15) is 0 Å². The lowest BCUT2D eigenvalue weighted by Crippen LogP contribution is -2.31. The zero-order valence-electron chi connectivity index (χ0n) is 13.9. The summed E-state index contributed by atoms with van der Waals surface area (Å²) in [6.07, 6.45) is 0. The molecule has 0 bridgehead atoms. The highest BCUT2D eigenvalue weighted by Crippen LogP contribution is 2.45. The van der Waals surface area contributed by atoms with Crippen molar-refractivity contribution in [2.45, 2.75) is 4.58 Å². The number of benzene rings is 1. The number of hydrogen-bond donors (Lipinski definition) is 2. The van der Waals surface area contributed by atoms with Gasteiger partial charge in [0.25, 0.3) is 5.91 Å². The van der Waals surface area contributed by atoms with Gasteiger partial charge in [-0.3, -0.25) is 4.79 Å². The Hall–Kier alpha value is -1.64. The van der Waals surface area contributed by atoms with Crippen LogP contribution in [0.1, 0.15) is 10.1 Å². The normalized spacial score (nSPS) is 18.2. The summed E-state index contributed by atoms with van der Waals surface area (Å²) in [4.78, 5) is 26.0.